The molecule has 1 unspecified atom stereocenters. The molecule has 0 aromatic carbocycles. The lowest BCUT2D eigenvalue weighted by Gasteiger charge is -2.20. The van der Waals surface area contributed by atoms with Gasteiger partial charge in [0, 0.05) is 18.3 Å². The highest BCUT2D eigenvalue weighted by Gasteiger charge is 2.17. The van der Waals surface area contributed by atoms with Crippen LogP contribution in [-0.4, -0.2) is 14.9 Å². The molecule has 1 atom stereocenters. The maximum atomic E-state index is 10.0. The van der Waals surface area contributed by atoms with E-state index < -0.39 is 0 Å². The lowest BCUT2D eigenvalue weighted by molar-refractivity contribution is 0.147. The molecule has 86 valence electrons. The largest absolute Gasteiger partial charge is 0.388 e. The predicted molar refractivity (Wildman–Crippen MR) is 61.6 cm³/mol. The fraction of sp³-hybridized carbons (Fsp3) is 0.750. The van der Waals surface area contributed by atoms with Gasteiger partial charge in [-0.2, -0.15) is 5.10 Å². The number of aryl methyl sites for hydroxylation is 1. The first-order chi connectivity index (χ1) is 6.81. The maximum absolute atomic E-state index is 10.0. The van der Waals surface area contributed by atoms with Crippen molar-refractivity contribution in [3.8, 4) is 0 Å². The smallest absolute Gasteiger partial charge is 0.0823 e. The van der Waals surface area contributed by atoms with Crippen molar-refractivity contribution in [2.45, 2.75) is 46.6 Å². The third-order valence-electron chi connectivity index (χ3n) is 2.80. The van der Waals surface area contributed by atoms with Gasteiger partial charge in [-0.05, 0) is 25.2 Å². The van der Waals surface area contributed by atoms with Crippen LogP contribution >= 0.6 is 0 Å². The second-order valence-corrected chi connectivity index (χ2v) is 5.42. The molecule has 0 aliphatic carbocycles. The van der Waals surface area contributed by atoms with Crippen LogP contribution in [0, 0.1) is 12.3 Å². The summed E-state index contributed by atoms with van der Waals surface area (Å²) in [6, 6.07) is 0. The number of aliphatic hydroxyl groups excluding tert-OH is 1. The zero-order chi connectivity index (χ0) is 11.6. The third kappa shape index (κ3) is 3.34. The van der Waals surface area contributed by atoms with E-state index in [2.05, 4.69) is 25.9 Å². The van der Waals surface area contributed by atoms with Crippen molar-refractivity contribution in [1.29, 1.82) is 0 Å². The minimum atomic E-state index is -0.377. The molecule has 3 heteroatoms. The summed E-state index contributed by atoms with van der Waals surface area (Å²) in [7, 11) is 1.90. The Kier molecular flexibility index (Phi) is 3.55. The van der Waals surface area contributed by atoms with Gasteiger partial charge in [0.25, 0.3) is 0 Å². The van der Waals surface area contributed by atoms with Crippen molar-refractivity contribution in [2.75, 3.05) is 0 Å². The minimum absolute atomic E-state index is 0.275. The Morgan fingerprint density at radius 2 is 2.07 bits per heavy atom. The van der Waals surface area contributed by atoms with Crippen LogP contribution in [0.2, 0.25) is 0 Å². The monoisotopic (exact) mass is 210 g/mol. The number of hydrogen-bond donors (Lipinski definition) is 1. The van der Waals surface area contributed by atoms with E-state index in [0.717, 1.165) is 24.1 Å². The quantitative estimate of drug-likeness (QED) is 0.832. The van der Waals surface area contributed by atoms with E-state index in [0.29, 0.717) is 0 Å². The zero-order valence-corrected chi connectivity index (χ0v) is 10.4. The van der Waals surface area contributed by atoms with Gasteiger partial charge in [-0.15, -0.1) is 0 Å². The Bertz CT molecular complexity index is 323. The zero-order valence-electron chi connectivity index (χ0n) is 10.4. The molecule has 0 bridgehead atoms. The highest BCUT2D eigenvalue weighted by Crippen LogP contribution is 2.28. The lowest BCUT2D eigenvalue weighted by atomic mass is 9.88. The molecule has 15 heavy (non-hydrogen) atoms. The van der Waals surface area contributed by atoms with Gasteiger partial charge < -0.3 is 5.11 Å². The molecule has 0 aliphatic heterocycles. The van der Waals surface area contributed by atoms with Crippen LogP contribution < -0.4 is 0 Å². The lowest BCUT2D eigenvalue weighted by Crippen LogP contribution is -2.08. The molecule has 1 rings (SSSR count). The van der Waals surface area contributed by atoms with Gasteiger partial charge in [-0.1, -0.05) is 20.8 Å². The van der Waals surface area contributed by atoms with Gasteiger partial charge in [-0.25, -0.2) is 0 Å². The van der Waals surface area contributed by atoms with E-state index in [1.807, 2.05) is 14.0 Å². The number of rotatable bonds is 3. The van der Waals surface area contributed by atoms with Crippen LogP contribution in [-0.2, 0) is 7.05 Å². The van der Waals surface area contributed by atoms with E-state index >= 15 is 0 Å². The summed E-state index contributed by atoms with van der Waals surface area (Å²) in [4.78, 5) is 0. The fourth-order valence-corrected chi connectivity index (χ4v) is 1.57. The topological polar surface area (TPSA) is 38.1 Å². The van der Waals surface area contributed by atoms with Crippen molar-refractivity contribution in [2.24, 2.45) is 12.5 Å². The van der Waals surface area contributed by atoms with Gasteiger partial charge in [0.2, 0.25) is 0 Å². The molecule has 1 N–H and O–H groups in total. The summed E-state index contributed by atoms with van der Waals surface area (Å²) < 4.78 is 1.80. The van der Waals surface area contributed by atoms with E-state index in [-0.39, 0.29) is 11.5 Å². The molecule has 0 radical (unpaired) electrons. The van der Waals surface area contributed by atoms with Crippen LogP contribution in [0.1, 0.15) is 51.0 Å². The molecule has 1 aromatic rings. The van der Waals surface area contributed by atoms with Crippen molar-refractivity contribution >= 4 is 0 Å². The van der Waals surface area contributed by atoms with Crippen molar-refractivity contribution in [3.05, 3.63) is 17.5 Å². The molecule has 0 aliphatic rings. The minimum Gasteiger partial charge on any atom is -0.388 e. The van der Waals surface area contributed by atoms with Crippen LogP contribution in [0.15, 0.2) is 6.20 Å². The van der Waals surface area contributed by atoms with Gasteiger partial charge in [0.1, 0.15) is 0 Å². The fourth-order valence-electron chi connectivity index (χ4n) is 1.57. The van der Waals surface area contributed by atoms with Crippen molar-refractivity contribution < 1.29 is 5.11 Å². The Labute approximate surface area is 92.1 Å². The highest BCUT2D eigenvalue weighted by molar-refractivity contribution is 5.18. The molecule has 0 spiro atoms. The Hall–Kier alpha value is -0.830. The molecule has 0 fully saturated rings. The molecule has 0 saturated heterocycles. The van der Waals surface area contributed by atoms with Crippen LogP contribution in [0.25, 0.3) is 0 Å². The normalized spacial score (nSPS) is 14.3. The van der Waals surface area contributed by atoms with Gasteiger partial charge in [-0.3, -0.25) is 4.68 Å². The summed E-state index contributed by atoms with van der Waals surface area (Å²) in [5, 5.41) is 14.2. The first kappa shape index (κ1) is 12.2. The molecule has 0 saturated carbocycles. The first-order valence-corrected chi connectivity index (χ1v) is 5.48. The first-order valence-electron chi connectivity index (χ1n) is 5.48. The van der Waals surface area contributed by atoms with Crippen LogP contribution in [0.3, 0.4) is 0 Å². The van der Waals surface area contributed by atoms with Crippen LogP contribution in [0.4, 0.5) is 0 Å². The Balaban J connectivity index is 2.62. The van der Waals surface area contributed by atoms with E-state index in [1.54, 1.807) is 10.9 Å². The predicted octanol–water partition coefficient (Wildman–Crippen LogP) is 2.59. The summed E-state index contributed by atoms with van der Waals surface area (Å²) in [6.07, 6.45) is 3.21. The second kappa shape index (κ2) is 4.35. The van der Waals surface area contributed by atoms with Crippen molar-refractivity contribution in [3.63, 3.8) is 0 Å². The van der Waals surface area contributed by atoms with Gasteiger partial charge in [0.05, 0.1) is 12.3 Å². The second-order valence-electron chi connectivity index (χ2n) is 5.42. The van der Waals surface area contributed by atoms with Gasteiger partial charge in [0.15, 0.2) is 0 Å². The van der Waals surface area contributed by atoms with E-state index in [4.69, 9.17) is 0 Å². The molecule has 0 amide bonds. The number of aromatic nitrogens is 2. The Morgan fingerprint density at radius 3 is 2.47 bits per heavy atom. The average molecular weight is 210 g/mol. The molecule has 1 heterocycles. The summed E-state index contributed by atoms with van der Waals surface area (Å²) in [6.45, 7) is 8.56. The maximum Gasteiger partial charge on any atom is 0.0823 e. The SMILES string of the molecule is Cc1c(C(O)CCC(C)(C)C)cnn1C. The molecule has 1 aromatic heterocycles. The molecule has 3 nitrogen and oxygen atoms in total. The average Bonchev–Trinajstić information content (AvgIpc) is 2.43. The summed E-state index contributed by atoms with van der Waals surface area (Å²) in [5.74, 6) is 0. The van der Waals surface area contributed by atoms with E-state index in [1.165, 1.54) is 0 Å². The highest BCUT2D eigenvalue weighted by atomic mass is 16.3. The van der Waals surface area contributed by atoms with Gasteiger partial charge >= 0.3 is 0 Å². The van der Waals surface area contributed by atoms with Crippen molar-refractivity contribution in [1.82, 2.24) is 9.78 Å². The Morgan fingerprint density at radius 1 is 1.47 bits per heavy atom. The number of aliphatic hydroxyl groups is 1. The molecular weight excluding hydrogens is 188 g/mol. The number of hydrogen-bond acceptors (Lipinski definition) is 2. The number of nitrogens with zero attached hydrogens (tertiary/aromatic N) is 2. The third-order valence-corrected chi connectivity index (χ3v) is 2.80. The summed E-state index contributed by atoms with van der Waals surface area (Å²) >= 11 is 0. The summed E-state index contributed by atoms with van der Waals surface area (Å²) in [5.41, 5.74) is 2.29. The molecular formula is C12H22N2O. The standard InChI is InChI=1S/C12H22N2O/c1-9-10(8-13-14(9)5)11(15)6-7-12(2,3)4/h8,11,15H,6-7H2,1-5H3. The van der Waals surface area contributed by atoms with E-state index in [9.17, 15) is 5.11 Å². The van der Waals surface area contributed by atoms with Crippen LogP contribution in [0.5, 0.6) is 0 Å².